The summed E-state index contributed by atoms with van der Waals surface area (Å²) in [6, 6.07) is 5.94. The molecule has 0 amide bonds. The summed E-state index contributed by atoms with van der Waals surface area (Å²) in [6.07, 6.45) is 1.86. The topological polar surface area (TPSA) is 53.7 Å². The molecule has 1 aromatic carbocycles. The van der Waals surface area contributed by atoms with E-state index in [4.69, 9.17) is 19.9 Å². The van der Waals surface area contributed by atoms with Crippen LogP contribution in [0.15, 0.2) is 18.2 Å². The number of hydrogen-bond acceptors (Lipinski definition) is 4. The molecule has 1 rings (SSSR count). The second-order valence-electron chi connectivity index (χ2n) is 5.36. The van der Waals surface area contributed by atoms with Gasteiger partial charge < -0.3 is 19.9 Å². The highest BCUT2D eigenvalue weighted by Crippen LogP contribution is 2.31. The van der Waals surface area contributed by atoms with Crippen molar-refractivity contribution in [1.82, 2.24) is 0 Å². The van der Waals surface area contributed by atoms with Crippen LogP contribution in [-0.4, -0.2) is 33.0 Å². The van der Waals surface area contributed by atoms with Crippen molar-refractivity contribution in [3.63, 3.8) is 0 Å². The molecule has 0 spiro atoms. The van der Waals surface area contributed by atoms with Gasteiger partial charge in [-0.3, -0.25) is 0 Å². The van der Waals surface area contributed by atoms with Gasteiger partial charge in [0.15, 0.2) is 11.5 Å². The Bertz CT molecular complexity index is 369. The van der Waals surface area contributed by atoms with Crippen LogP contribution in [0.4, 0.5) is 0 Å². The summed E-state index contributed by atoms with van der Waals surface area (Å²) >= 11 is 0. The maximum Gasteiger partial charge on any atom is 0.164 e. The van der Waals surface area contributed by atoms with Gasteiger partial charge in [-0.2, -0.15) is 0 Å². The zero-order valence-electron chi connectivity index (χ0n) is 13.6. The minimum absolute atomic E-state index is 0.528. The van der Waals surface area contributed by atoms with Crippen molar-refractivity contribution >= 4 is 0 Å². The number of benzene rings is 1. The lowest BCUT2D eigenvalue weighted by Gasteiger charge is -2.16. The third-order valence-electron chi connectivity index (χ3n) is 3.09. The van der Waals surface area contributed by atoms with E-state index in [9.17, 15) is 0 Å². The lowest BCUT2D eigenvalue weighted by Crippen LogP contribution is -2.12. The van der Waals surface area contributed by atoms with Crippen LogP contribution in [-0.2, 0) is 11.2 Å². The summed E-state index contributed by atoms with van der Waals surface area (Å²) in [5.74, 6) is 2.25. The van der Waals surface area contributed by atoms with Crippen molar-refractivity contribution in [2.24, 2.45) is 11.7 Å². The molecule has 0 aliphatic rings. The van der Waals surface area contributed by atoms with Crippen LogP contribution in [0.5, 0.6) is 11.5 Å². The van der Waals surface area contributed by atoms with Gasteiger partial charge in [-0.05, 0) is 43.9 Å². The molecule has 0 bridgehead atoms. The summed E-state index contributed by atoms with van der Waals surface area (Å²) in [4.78, 5) is 0. The van der Waals surface area contributed by atoms with Gasteiger partial charge in [0.25, 0.3) is 0 Å². The Morgan fingerprint density at radius 3 is 2.57 bits per heavy atom. The summed E-state index contributed by atoms with van der Waals surface area (Å²) in [5.41, 5.74) is 6.74. The molecule has 0 fully saturated rings. The van der Waals surface area contributed by atoms with Crippen molar-refractivity contribution in [3.05, 3.63) is 23.8 Å². The minimum Gasteiger partial charge on any atom is -0.490 e. The fourth-order valence-electron chi connectivity index (χ4n) is 1.97. The zero-order valence-corrected chi connectivity index (χ0v) is 13.6. The SMILES string of the molecule is CCOc1cccc(CCN)c1OCCOCCC(C)C. The number of rotatable bonds is 11. The molecule has 4 nitrogen and oxygen atoms in total. The van der Waals surface area contributed by atoms with E-state index in [-0.39, 0.29) is 0 Å². The third kappa shape index (κ3) is 6.82. The summed E-state index contributed by atoms with van der Waals surface area (Å²) in [6.45, 7) is 9.46. The van der Waals surface area contributed by atoms with Gasteiger partial charge in [-0.25, -0.2) is 0 Å². The minimum atomic E-state index is 0.528. The van der Waals surface area contributed by atoms with Gasteiger partial charge in [-0.15, -0.1) is 0 Å². The molecule has 0 saturated heterocycles. The molecule has 0 saturated carbocycles. The van der Waals surface area contributed by atoms with Crippen molar-refractivity contribution in [2.75, 3.05) is 33.0 Å². The molecule has 0 aliphatic carbocycles. The molecule has 0 aromatic heterocycles. The van der Waals surface area contributed by atoms with E-state index in [0.717, 1.165) is 36.5 Å². The van der Waals surface area contributed by atoms with E-state index in [1.807, 2.05) is 25.1 Å². The number of para-hydroxylation sites is 1. The molecule has 21 heavy (non-hydrogen) atoms. The van der Waals surface area contributed by atoms with Gasteiger partial charge in [-0.1, -0.05) is 26.0 Å². The Labute approximate surface area is 128 Å². The average Bonchev–Trinajstić information content (AvgIpc) is 2.45. The van der Waals surface area contributed by atoms with E-state index in [0.29, 0.717) is 32.3 Å². The highest BCUT2D eigenvalue weighted by Gasteiger charge is 2.10. The number of nitrogens with two attached hydrogens (primary N) is 1. The van der Waals surface area contributed by atoms with Crippen LogP contribution in [0.1, 0.15) is 32.8 Å². The van der Waals surface area contributed by atoms with Crippen molar-refractivity contribution in [3.8, 4) is 11.5 Å². The zero-order chi connectivity index (χ0) is 15.5. The molecule has 0 atom stereocenters. The standard InChI is InChI=1S/C17H29NO3/c1-4-20-16-7-5-6-15(8-10-18)17(16)21-13-12-19-11-9-14(2)3/h5-7,14H,4,8-13,18H2,1-3H3. The maximum absolute atomic E-state index is 5.87. The van der Waals surface area contributed by atoms with E-state index in [1.165, 1.54) is 0 Å². The van der Waals surface area contributed by atoms with Gasteiger partial charge in [0.2, 0.25) is 0 Å². The van der Waals surface area contributed by atoms with E-state index in [2.05, 4.69) is 13.8 Å². The average molecular weight is 295 g/mol. The largest absolute Gasteiger partial charge is 0.490 e. The molecule has 2 N–H and O–H groups in total. The number of hydrogen-bond donors (Lipinski definition) is 1. The normalized spacial score (nSPS) is 10.9. The van der Waals surface area contributed by atoms with E-state index >= 15 is 0 Å². The Hall–Kier alpha value is -1.26. The van der Waals surface area contributed by atoms with Crippen LogP contribution in [0.3, 0.4) is 0 Å². The molecular formula is C17H29NO3. The molecule has 1 aromatic rings. The molecule has 0 heterocycles. The van der Waals surface area contributed by atoms with Crippen LogP contribution in [0.2, 0.25) is 0 Å². The Morgan fingerprint density at radius 2 is 1.90 bits per heavy atom. The van der Waals surface area contributed by atoms with Gasteiger partial charge in [0.05, 0.1) is 13.2 Å². The highest BCUT2D eigenvalue weighted by atomic mass is 16.5. The predicted molar refractivity (Wildman–Crippen MR) is 86.1 cm³/mol. The Morgan fingerprint density at radius 1 is 1.10 bits per heavy atom. The van der Waals surface area contributed by atoms with Gasteiger partial charge in [0, 0.05) is 6.61 Å². The molecule has 0 radical (unpaired) electrons. The summed E-state index contributed by atoms with van der Waals surface area (Å²) in [7, 11) is 0. The fourth-order valence-corrected chi connectivity index (χ4v) is 1.97. The lowest BCUT2D eigenvalue weighted by molar-refractivity contribution is 0.0910. The molecule has 0 unspecified atom stereocenters. The summed E-state index contributed by atoms with van der Waals surface area (Å²) in [5, 5.41) is 0. The molecular weight excluding hydrogens is 266 g/mol. The van der Waals surface area contributed by atoms with E-state index < -0.39 is 0 Å². The fraction of sp³-hybridized carbons (Fsp3) is 0.647. The maximum atomic E-state index is 5.87. The van der Waals surface area contributed by atoms with Crippen LogP contribution in [0, 0.1) is 5.92 Å². The van der Waals surface area contributed by atoms with Crippen LogP contribution < -0.4 is 15.2 Å². The number of ether oxygens (including phenoxy) is 3. The van der Waals surface area contributed by atoms with Crippen molar-refractivity contribution < 1.29 is 14.2 Å². The first kappa shape index (κ1) is 17.8. The van der Waals surface area contributed by atoms with E-state index in [1.54, 1.807) is 0 Å². The Kier molecular flexibility index (Phi) is 8.87. The second kappa shape index (κ2) is 10.5. The highest BCUT2D eigenvalue weighted by molar-refractivity contribution is 5.46. The van der Waals surface area contributed by atoms with Crippen LogP contribution >= 0.6 is 0 Å². The first-order chi connectivity index (χ1) is 10.2. The van der Waals surface area contributed by atoms with Gasteiger partial charge in [0.1, 0.15) is 6.61 Å². The monoisotopic (exact) mass is 295 g/mol. The quantitative estimate of drug-likeness (QED) is 0.638. The summed E-state index contributed by atoms with van der Waals surface area (Å²) < 4.78 is 17.1. The van der Waals surface area contributed by atoms with Gasteiger partial charge >= 0.3 is 0 Å². The molecule has 4 heteroatoms. The molecule has 0 aliphatic heterocycles. The van der Waals surface area contributed by atoms with Crippen LogP contribution in [0.25, 0.3) is 0 Å². The third-order valence-corrected chi connectivity index (χ3v) is 3.09. The Balaban J connectivity index is 2.50. The van der Waals surface area contributed by atoms with Crippen molar-refractivity contribution in [1.29, 1.82) is 0 Å². The molecule has 120 valence electrons. The smallest absolute Gasteiger partial charge is 0.164 e. The first-order valence-corrected chi connectivity index (χ1v) is 7.84. The lowest BCUT2D eigenvalue weighted by atomic mass is 10.1. The second-order valence-corrected chi connectivity index (χ2v) is 5.36. The van der Waals surface area contributed by atoms with Crippen molar-refractivity contribution in [2.45, 2.75) is 33.6 Å². The predicted octanol–water partition coefficient (Wildman–Crippen LogP) is 3.03. The first-order valence-electron chi connectivity index (χ1n) is 7.84.